The fourth-order valence-corrected chi connectivity index (χ4v) is 4.57. The van der Waals surface area contributed by atoms with Crippen molar-refractivity contribution < 1.29 is 23.9 Å². The summed E-state index contributed by atoms with van der Waals surface area (Å²) < 4.78 is 10.6. The summed E-state index contributed by atoms with van der Waals surface area (Å²) in [5, 5.41) is 3.05. The van der Waals surface area contributed by atoms with Gasteiger partial charge in [0.25, 0.3) is 0 Å². The van der Waals surface area contributed by atoms with Gasteiger partial charge in [0, 0.05) is 25.3 Å². The molecule has 0 bridgehead atoms. The highest BCUT2D eigenvalue weighted by Gasteiger charge is 2.15. The smallest absolute Gasteiger partial charge is 0.222 e. The van der Waals surface area contributed by atoms with Gasteiger partial charge < -0.3 is 20.5 Å². The number of primary amides is 1. The Morgan fingerprint density at radius 2 is 1.13 bits per heavy atom. The van der Waals surface area contributed by atoms with Gasteiger partial charge in [-0.15, -0.1) is 0 Å². The zero-order chi connectivity index (χ0) is 28.1. The van der Waals surface area contributed by atoms with E-state index >= 15 is 0 Å². The molecule has 0 aromatic carbocycles. The third-order valence-corrected chi connectivity index (χ3v) is 6.94. The molecule has 3 N–H and O–H groups in total. The highest BCUT2D eigenvalue weighted by atomic mass is 16.5. The molecule has 0 aromatic heterocycles. The molecular weight excluding hydrogens is 480 g/mol. The van der Waals surface area contributed by atoms with Crippen molar-refractivity contribution >= 4 is 17.6 Å². The van der Waals surface area contributed by atoms with E-state index in [2.05, 4.69) is 12.2 Å². The van der Waals surface area contributed by atoms with E-state index in [-0.39, 0.29) is 17.6 Å². The van der Waals surface area contributed by atoms with Crippen LogP contribution in [0.4, 0.5) is 0 Å². The third kappa shape index (κ3) is 29.1. The minimum absolute atomic E-state index is 0.0781. The second-order valence-corrected chi connectivity index (χ2v) is 10.8. The number of nitrogens with one attached hydrogen (secondary N) is 1. The molecule has 38 heavy (non-hydrogen) atoms. The van der Waals surface area contributed by atoms with Gasteiger partial charge in [0.05, 0.1) is 26.4 Å². The largest absolute Gasteiger partial charge is 0.379 e. The number of carbonyl (C=O) groups excluding carboxylic acids is 3. The van der Waals surface area contributed by atoms with Crippen LogP contribution in [0, 0.1) is 0 Å². The highest BCUT2D eigenvalue weighted by Crippen LogP contribution is 2.17. The van der Waals surface area contributed by atoms with Gasteiger partial charge in [-0.2, -0.15) is 0 Å². The van der Waals surface area contributed by atoms with Crippen LogP contribution in [0.15, 0.2) is 0 Å². The van der Waals surface area contributed by atoms with Crippen LogP contribution in [0.25, 0.3) is 0 Å². The normalized spacial score (nSPS) is 13.5. The summed E-state index contributed by atoms with van der Waals surface area (Å²) in [6.07, 6.45) is 24.7. The van der Waals surface area contributed by atoms with Gasteiger partial charge in [0.15, 0.2) is 0 Å². The fourth-order valence-electron chi connectivity index (χ4n) is 4.57. The van der Waals surface area contributed by atoms with Crippen LogP contribution >= 0.6 is 0 Å². The number of amides is 2. The van der Waals surface area contributed by atoms with Gasteiger partial charge in [0.1, 0.15) is 5.78 Å². The number of rotatable bonds is 24. The zero-order valence-corrected chi connectivity index (χ0v) is 24.9. The molecule has 0 aliphatic heterocycles. The van der Waals surface area contributed by atoms with E-state index in [0.29, 0.717) is 51.7 Å². The monoisotopic (exact) mass is 540 g/mol. The minimum atomic E-state index is -0.155. The van der Waals surface area contributed by atoms with E-state index in [9.17, 15) is 14.4 Å². The second-order valence-electron chi connectivity index (χ2n) is 10.8. The molecule has 2 amide bonds. The van der Waals surface area contributed by atoms with E-state index in [0.717, 1.165) is 19.3 Å². The Balaban J connectivity index is 0.000000726. The summed E-state index contributed by atoms with van der Waals surface area (Å²) >= 11 is 0. The molecule has 0 unspecified atom stereocenters. The van der Waals surface area contributed by atoms with Crippen molar-refractivity contribution in [3.63, 3.8) is 0 Å². The molecule has 224 valence electrons. The number of hydrogen-bond acceptors (Lipinski definition) is 5. The van der Waals surface area contributed by atoms with E-state index < -0.39 is 0 Å². The zero-order valence-electron chi connectivity index (χ0n) is 24.9. The van der Waals surface area contributed by atoms with E-state index in [1.807, 2.05) is 0 Å². The molecule has 0 spiro atoms. The first-order valence-corrected chi connectivity index (χ1v) is 15.7. The number of ether oxygens (including phenoxy) is 2. The van der Waals surface area contributed by atoms with Crippen LogP contribution in [-0.2, 0) is 23.9 Å². The number of hydrogen-bond donors (Lipinski definition) is 2. The first kappa shape index (κ1) is 36.5. The van der Waals surface area contributed by atoms with Crippen LogP contribution in [-0.4, -0.2) is 50.1 Å². The van der Waals surface area contributed by atoms with Crippen LogP contribution in [0.3, 0.4) is 0 Å². The Kier molecular flexibility index (Phi) is 27.4. The number of nitrogens with two attached hydrogens (primary N) is 1. The van der Waals surface area contributed by atoms with E-state index in [1.165, 1.54) is 96.3 Å². The lowest BCUT2D eigenvalue weighted by atomic mass is 9.95. The average molecular weight is 541 g/mol. The van der Waals surface area contributed by atoms with Crippen LogP contribution in [0.2, 0.25) is 0 Å². The standard InChI is InChI=1S/C16H33NO.C15H27NO4/c1-2-3-4-5-6-7-8-9-10-11-12-13-14-15-16(17)18;1-13(17)7-9-19-11-12-20-10-8-15(18)16-14-5-3-2-4-6-14/h2-15H2,1H3,(H2,17,18);14H,2-12H2,1H3,(H,16,18). The second kappa shape index (κ2) is 28.5. The molecule has 1 rings (SSSR count). The number of carbonyl (C=O) groups is 3. The Morgan fingerprint density at radius 3 is 1.61 bits per heavy atom. The first-order chi connectivity index (χ1) is 18.5. The molecule has 1 fully saturated rings. The summed E-state index contributed by atoms with van der Waals surface area (Å²) in [5.41, 5.74) is 5.09. The van der Waals surface area contributed by atoms with Crippen molar-refractivity contribution in [2.75, 3.05) is 26.4 Å². The number of Topliss-reactive ketones (excluding diaryl/α,β-unsaturated/α-hetero) is 1. The molecule has 0 atom stereocenters. The Hall–Kier alpha value is -1.47. The number of ketones is 1. The maximum absolute atomic E-state index is 11.7. The molecule has 0 heterocycles. The van der Waals surface area contributed by atoms with Crippen molar-refractivity contribution in [2.24, 2.45) is 5.73 Å². The van der Waals surface area contributed by atoms with Crippen LogP contribution in [0.5, 0.6) is 0 Å². The summed E-state index contributed by atoms with van der Waals surface area (Å²) in [4.78, 5) is 32.8. The molecule has 1 aliphatic carbocycles. The molecule has 0 saturated heterocycles. The summed E-state index contributed by atoms with van der Waals surface area (Å²) in [7, 11) is 0. The predicted molar refractivity (Wildman–Crippen MR) is 156 cm³/mol. The lowest BCUT2D eigenvalue weighted by Gasteiger charge is -2.22. The van der Waals surface area contributed by atoms with E-state index in [4.69, 9.17) is 15.2 Å². The van der Waals surface area contributed by atoms with Gasteiger partial charge in [-0.05, 0) is 26.2 Å². The Morgan fingerprint density at radius 1 is 0.658 bits per heavy atom. The SMILES string of the molecule is CC(=O)CCOCCOCCC(=O)NC1CCCCC1.CCCCCCCCCCCCCCCC(N)=O. The Bertz CT molecular complexity index is 564. The maximum atomic E-state index is 11.7. The van der Waals surface area contributed by atoms with Gasteiger partial charge in [0.2, 0.25) is 11.8 Å². The number of unbranched alkanes of at least 4 members (excludes halogenated alkanes) is 12. The van der Waals surface area contributed by atoms with Crippen molar-refractivity contribution in [3.8, 4) is 0 Å². The van der Waals surface area contributed by atoms with Crippen molar-refractivity contribution in [1.82, 2.24) is 5.32 Å². The van der Waals surface area contributed by atoms with Gasteiger partial charge in [-0.1, -0.05) is 103 Å². The molecule has 1 aliphatic rings. The quantitative estimate of drug-likeness (QED) is 0.131. The van der Waals surface area contributed by atoms with Gasteiger partial charge in [-0.3, -0.25) is 14.4 Å². The van der Waals surface area contributed by atoms with Gasteiger partial charge in [-0.25, -0.2) is 0 Å². The predicted octanol–water partition coefficient (Wildman–Crippen LogP) is 6.79. The Labute approximate surface area is 233 Å². The molecule has 0 aromatic rings. The first-order valence-electron chi connectivity index (χ1n) is 15.7. The maximum Gasteiger partial charge on any atom is 0.222 e. The molecule has 7 heteroatoms. The highest BCUT2D eigenvalue weighted by molar-refractivity contribution is 5.76. The van der Waals surface area contributed by atoms with E-state index in [1.54, 1.807) is 6.92 Å². The van der Waals surface area contributed by atoms with Gasteiger partial charge >= 0.3 is 0 Å². The van der Waals surface area contributed by atoms with Crippen molar-refractivity contribution in [1.29, 1.82) is 0 Å². The lowest BCUT2D eigenvalue weighted by Crippen LogP contribution is -2.36. The van der Waals surface area contributed by atoms with Crippen LogP contribution in [0.1, 0.15) is 149 Å². The topological polar surface area (TPSA) is 108 Å². The summed E-state index contributed by atoms with van der Waals surface area (Å²) in [6, 6.07) is 0.367. The fraction of sp³-hybridized carbons (Fsp3) is 0.903. The molecule has 0 radical (unpaired) electrons. The van der Waals surface area contributed by atoms with Crippen molar-refractivity contribution in [2.45, 2.75) is 155 Å². The molecular formula is C31H60N2O5. The summed E-state index contributed by atoms with van der Waals surface area (Å²) in [5.74, 6) is 0.0535. The van der Waals surface area contributed by atoms with Crippen molar-refractivity contribution in [3.05, 3.63) is 0 Å². The summed E-state index contributed by atoms with van der Waals surface area (Å²) in [6.45, 7) is 5.62. The van der Waals surface area contributed by atoms with Crippen LogP contribution < -0.4 is 11.1 Å². The third-order valence-electron chi connectivity index (χ3n) is 6.94. The minimum Gasteiger partial charge on any atom is -0.379 e. The molecule has 1 saturated carbocycles. The average Bonchev–Trinajstić information content (AvgIpc) is 2.89. The lowest BCUT2D eigenvalue weighted by molar-refractivity contribution is -0.123. The molecule has 7 nitrogen and oxygen atoms in total.